The van der Waals surface area contributed by atoms with Crippen LogP contribution in [0.15, 0.2) is 28.7 Å². The summed E-state index contributed by atoms with van der Waals surface area (Å²) >= 11 is 3.40. The average molecular weight is 273 g/mol. The second-order valence-corrected chi connectivity index (χ2v) is 4.00. The van der Waals surface area contributed by atoms with Crippen LogP contribution in [0.2, 0.25) is 0 Å². The summed E-state index contributed by atoms with van der Waals surface area (Å²) in [6.07, 6.45) is 3.66. The Morgan fingerprint density at radius 2 is 1.33 bits per heavy atom. The lowest BCUT2D eigenvalue weighted by Crippen LogP contribution is -1.80. The summed E-state index contributed by atoms with van der Waals surface area (Å²) in [4.78, 5) is 0. The van der Waals surface area contributed by atoms with Gasteiger partial charge in [-0.1, -0.05) is 75.5 Å². The van der Waals surface area contributed by atoms with E-state index in [0.717, 1.165) is 4.47 Å². The maximum absolute atomic E-state index is 3.40. The van der Waals surface area contributed by atoms with Crippen LogP contribution in [-0.2, 0) is 6.42 Å². The Balaban J connectivity index is 0. The topological polar surface area (TPSA) is 0 Å². The van der Waals surface area contributed by atoms with E-state index < -0.39 is 0 Å². The molecule has 0 aliphatic rings. The highest BCUT2D eigenvalue weighted by Gasteiger charge is 1.88. The zero-order valence-corrected chi connectivity index (χ0v) is 12.4. The number of hydrogen-bond donors (Lipinski definition) is 0. The van der Waals surface area contributed by atoms with Crippen LogP contribution in [0.4, 0.5) is 0 Å². The van der Waals surface area contributed by atoms with Crippen LogP contribution in [0, 0.1) is 0 Å². The maximum atomic E-state index is 3.40. The van der Waals surface area contributed by atoms with Gasteiger partial charge in [0.15, 0.2) is 0 Å². The normalized spacial score (nSPS) is 8.13. The first-order chi connectivity index (χ1) is 7.24. The highest BCUT2D eigenvalue weighted by molar-refractivity contribution is 9.10. The number of benzene rings is 1. The third kappa shape index (κ3) is 11.6. The summed E-state index contributed by atoms with van der Waals surface area (Å²) in [6.45, 7) is 10.4. The lowest BCUT2D eigenvalue weighted by molar-refractivity contribution is 0.921. The molecule has 88 valence electrons. The van der Waals surface area contributed by atoms with Gasteiger partial charge in [0.25, 0.3) is 0 Å². The van der Waals surface area contributed by atoms with Crippen molar-refractivity contribution in [3.05, 3.63) is 34.3 Å². The molecule has 0 heterocycles. The summed E-state index contributed by atoms with van der Waals surface area (Å²) in [6, 6.07) is 8.50. The van der Waals surface area contributed by atoms with Gasteiger partial charge in [0.1, 0.15) is 0 Å². The van der Waals surface area contributed by atoms with E-state index in [9.17, 15) is 0 Å². The van der Waals surface area contributed by atoms with Gasteiger partial charge in [-0.3, -0.25) is 0 Å². The Bertz CT molecular complexity index is 201. The highest BCUT2D eigenvalue weighted by Crippen LogP contribution is 2.11. The van der Waals surface area contributed by atoms with Crippen molar-refractivity contribution < 1.29 is 0 Å². The fraction of sp³-hybridized carbons (Fsp3) is 0.571. The van der Waals surface area contributed by atoms with E-state index in [1.807, 2.05) is 13.8 Å². The van der Waals surface area contributed by atoms with Gasteiger partial charge in [0.05, 0.1) is 0 Å². The lowest BCUT2D eigenvalue weighted by Gasteiger charge is -1.96. The quantitative estimate of drug-likeness (QED) is 0.634. The first-order valence-electron chi connectivity index (χ1n) is 5.99. The smallest absolute Gasteiger partial charge is 0.0175 e. The molecule has 1 rings (SSSR count). The van der Waals surface area contributed by atoms with E-state index in [1.54, 1.807) is 0 Å². The SMILES string of the molecule is CC.CCC.CCCc1ccc(Br)cc1. The first kappa shape index (κ1) is 17.1. The third-order valence-electron chi connectivity index (χ3n) is 1.45. The molecule has 0 aliphatic carbocycles. The van der Waals surface area contributed by atoms with Crippen molar-refractivity contribution in [1.29, 1.82) is 0 Å². The molecule has 0 aliphatic heterocycles. The molecule has 0 bridgehead atoms. The molecule has 0 fully saturated rings. The summed E-state index contributed by atoms with van der Waals surface area (Å²) in [5, 5.41) is 0. The Morgan fingerprint density at radius 3 is 1.67 bits per heavy atom. The third-order valence-corrected chi connectivity index (χ3v) is 1.98. The minimum absolute atomic E-state index is 1.16. The molecular formula is C14H25Br. The average Bonchev–Trinajstić information content (AvgIpc) is 2.26. The van der Waals surface area contributed by atoms with Crippen molar-refractivity contribution in [2.45, 2.75) is 53.9 Å². The summed E-state index contributed by atoms with van der Waals surface area (Å²) < 4.78 is 1.16. The van der Waals surface area contributed by atoms with Gasteiger partial charge >= 0.3 is 0 Å². The molecular weight excluding hydrogens is 248 g/mol. The first-order valence-corrected chi connectivity index (χ1v) is 6.78. The standard InChI is InChI=1S/C9H11Br.C3H8.C2H6/c1-2-3-8-4-6-9(10)7-5-8;1-3-2;1-2/h4-7H,2-3H2,1H3;3H2,1-2H3;1-2H3. The van der Waals surface area contributed by atoms with Gasteiger partial charge in [0.2, 0.25) is 0 Å². The summed E-state index contributed by atoms with van der Waals surface area (Å²) in [7, 11) is 0. The lowest BCUT2D eigenvalue weighted by atomic mass is 10.1. The molecule has 0 saturated carbocycles. The Labute approximate surface area is 104 Å². The molecule has 0 spiro atoms. The Kier molecular flexibility index (Phi) is 15.6. The van der Waals surface area contributed by atoms with Crippen molar-refractivity contribution in [2.24, 2.45) is 0 Å². The summed E-state index contributed by atoms with van der Waals surface area (Å²) in [5.41, 5.74) is 1.42. The Morgan fingerprint density at radius 1 is 0.933 bits per heavy atom. The number of hydrogen-bond acceptors (Lipinski definition) is 0. The molecule has 0 atom stereocenters. The largest absolute Gasteiger partial charge is 0.0683 e. The van der Waals surface area contributed by atoms with Crippen molar-refractivity contribution in [2.75, 3.05) is 0 Å². The molecule has 0 amide bonds. The predicted molar refractivity (Wildman–Crippen MR) is 75.5 cm³/mol. The number of aryl methyl sites for hydroxylation is 1. The molecule has 0 N–H and O–H groups in total. The van der Waals surface area contributed by atoms with Crippen LogP contribution in [-0.4, -0.2) is 0 Å². The van der Waals surface area contributed by atoms with E-state index in [1.165, 1.54) is 24.8 Å². The van der Waals surface area contributed by atoms with Crippen LogP contribution in [0.3, 0.4) is 0 Å². The highest BCUT2D eigenvalue weighted by atomic mass is 79.9. The zero-order chi connectivity index (χ0) is 12.1. The van der Waals surface area contributed by atoms with E-state index in [2.05, 4.69) is 61.0 Å². The van der Waals surface area contributed by atoms with Gasteiger partial charge in [0, 0.05) is 4.47 Å². The fourth-order valence-electron chi connectivity index (χ4n) is 0.940. The number of halogens is 1. The van der Waals surface area contributed by atoms with E-state index in [-0.39, 0.29) is 0 Å². The minimum atomic E-state index is 1.16. The fourth-order valence-corrected chi connectivity index (χ4v) is 1.20. The second-order valence-electron chi connectivity index (χ2n) is 3.08. The second kappa shape index (κ2) is 13.7. The van der Waals surface area contributed by atoms with Crippen LogP contribution < -0.4 is 0 Å². The molecule has 1 aromatic carbocycles. The molecule has 0 radical (unpaired) electrons. The molecule has 1 aromatic rings. The molecule has 15 heavy (non-hydrogen) atoms. The predicted octanol–water partition coefficient (Wildman–Crippen LogP) is 5.84. The summed E-state index contributed by atoms with van der Waals surface area (Å²) in [5.74, 6) is 0. The van der Waals surface area contributed by atoms with Gasteiger partial charge in [-0.05, 0) is 24.1 Å². The van der Waals surface area contributed by atoms with Gasteiger partial charge in [-0.2, -0.15) is 0 Å². The monoisotopic (exact) mass is 272 g/mol. The number of rotatable bonds is 2. The van der Waals surface area contributed by atoms with Crippen LogP contribution in [0.1, 0.15) is 53.0 Å². The molecule has 0 unspecified atom stereocenters. The van der Waals surface area contributed by atoms with Crippen molar-refractivity contribution in [3.63, 3.8) is 0 Å². The van der Waals surface area contributed by atoms with E-state index in [0.29, 0.717) is 0 Å². The maximum Gasteiger partial charge on any atom is 0.0175 e. The van der Waals surface area contributed by atoms with Crippen LogP contribution >= 0.6 is 15.9 Å². The van der Waals surface area contributed by atoms with Crippen LogP contribution in [0.25, 0.3) is 0 Å². The molecule has 0 nitrogen and oxygen atoms in total. The molecule has 1 heteroatoms. The minimum Gasteiger partial charge on any atom is -0.0683 e. The molecule has 0 saturated heterocycles. The van der Waals surface area contributed by atoms with Gasteiger partial charge in [-0.25, -0.2) is 0 Å². The molecule has 0 aromatic heterocycles. The Hall–Kier alpha value is -0.300. The van der Waals surface area contributed by atoms with Gasteiger partial charge < -0.3 is 0 Å². The van der Waals surface area contributed by atoms with Gasteiger partial charge in [-0.15, -0.1) is 0 Å². The van der Waals surface area contributed by atoms with Crippen molar-refractivity contribution in [1.82, 2.24) is 0 Å². The van der Waals surface area contributed by atoms with Crippen molar-refractivity contribution in [3.8, 4) is 0 Å². The van der Waals surface area contributed by atoms with E-state index in [4.69, 9.17) is 0 Å². The van der Waals surface area contributed by atoms with Crippen LogP contribution in [0.5, 0.6) is 0 Å². The van der Waals surface area contributed by atoms with E-state index >= 15 is 0 Å². The van der Waals surface area contributed by atoms with Crippen molar-refractivity contribution >= 4 is 15.9 Å². The zero-order valence-electron chi connectivity index (χ0n) is 10.8.